The molecule has 0 spiro atoms. The van der Waals surface area contributed by atoms with E-state index in [9.17, 15) is 4.39 Å². The van der Waals surface area contributed by atoms with Crippen LogP contribution in [-0.2, 0) is 6.42 Å². The van der Waals surface area contributed by atoms with Gasteiger partial charge in [0.15, 0.2) is 0 Å². The summed E-state index contributed by atoms with van der Waals surface area (Å²) < 4.78 is 18.9. The van der Waals surface area contributed by atoms with E-state index in [-0.39, 0.29) is 11.9 Å². The molecule has 1 aromatic rings. The zero-order chi connectivity index (χ0) is 13.5. The molecule has 0 aliphatic carbocycles. The molecule has 0 saturated carbocycles. The van der Waals surface area contributed by atoms with E-state index in [0.717, 1.165) is 24.3 Å². The van der Waals surface area contributed by atoms with Crippen molar-refractivity contribution in [2.24, 2.45) is 5.73 Å². The van der Waals surface area contributed by atoms with Crippen molar-refractivity contribution in [3.63, 3.8) is 0 Å². The Balaban J connectivity index is 2.70. The molecule has 1 rings (SSSR count). The number of halogens is 1. The first kappa shape index (κ1) is 14.9. The van der Waals surface area contributed by atoms with Crippen molar-refractivity contribution in [1.29, 1.82) is 0 Å². The monoisotopic (exact) mass is 254 g/mol. The predicted octanol–water partition coefficient (Wildman–Crippen LogP) is 2.05. The summed E-state index contributed by atoms with van der Waals surface area (Å²) in [5, 5.41) is 0. The Morgan fingerprint density at radius 1 is 1.39 bits per heavy atom. The van der Waals surface area contributed by atoms with Gasteiger partial charge in [0.1, 0.15) is 18.2 Å². The number of nitrogens with zero attached hydrogens (tertiary/aromatic N) is 1. The number of rotatable bonds is 7. The highest BCUT2D eigenvalue weighted by Crippen LogP contribution is 2.21. The molecule has 18 heavy (non-hydrogen) atoms. The maximum absolute atomic E-state index is 13.2. The van der Waals surface area contributed by atoms with Gasteiger partial charge in [-0.25, -0.2) is 4.39 Å². The normalized spacial score (nSPS) is 12.8. The Morgan fingerprint density at radius 3 is 2.72 bits per heavy atom. The van der Waals surface area contributed by atoms with E-state index in [4.69, 9.17) is 10.5 Å². The third-order valence-electron chi connectivity index (χ3n) is 2.83. The molecule has 0 saturated heterocycles. The van der Waals surface area contributed by atoms with E-state index < -0.39 is 0 Å². The fraction of sp³-hybridized carbons (Fsp3) is 0.571. The summed E-state index contributed by atoms with van der Waals surface area (Å²) in [6.45, 7) is 3.44. The van der Waals surface area contributed by atoms with Crippen LogP contribution in [0.25, 0.3) is 0 Å². The van der Waals surface area contributed by atoms with E-state index in [1.54, 1.807) is 6.07 Å². The largest absolute Gasteiger partial charge is 0.492 e. The minimum Gasteiger partial charge on any atom is -0.492 e. The minimum absolute atomic E-state index is 0.0444. The number of nitrogens with two attached hydrogens (primary N) is 1. The summed E-state index contributed by atoms with van der Waals surface area (Å²) >= 11 is 0. The summed E-state index contributed by atoms with van der Waals surface area (Å²) in [5.74, 6) is 0.496. The summed E-state index contributed by atoms with van der Waals surface area (Å²) in [7, 11) is 3.98. The van der Waals surface area contributed by atoms with Gasteiger partial charge in [-0.15, -0.1) is 0 Å². The van der Waals surface area contributed by atoms with Crippen molar-refractivity contribution in [2.75, 3.05) is 27.2 Å². The van der Waals surface area contributed by atoms with Crippen LogP contribution >= 0.6 is 0 Å². The molecule has 4 heteroatoms. The lowest BCUT2D eigenvalue weighted by Crippen LogP contribution is -2.23. The summed E-state index contributed by atoms with van der Waals surface area (Å²) in [5.41, 5.74) is 6.76. The Hall–Kier alpha value is -1.13. The molecule has 1 atom stereocenters. The van der Waals surface area contributed by atoms with Crippen molar-refractivity contribution in [3.05, 3.63) is 29.6 Å². The van der Waals surface area contributed by atoms with Gasteiger partial charge in [0.2, 0.25) is 0 Å². The van der Waals surface area contributed by atoms with Gasteiger partial charge >= 0.3 is 0 Å². The van der Waals surface area contributed by atoms with Gasteiger partial charge in [-0.1, -0.05) is 6.92 Å². The summed E-state index contributed by atoms with van der Waals surface area (Å²) in [4.78, 5) is 2.04. The summed E-state index contributed by atoms with van der Waals surface area (Å²) in [6.07, 6.45) is 1.51. The molecule has 0 aliphatic rings. The predicted molar refractivity (Wildman–Crippen MR) is 72.4 cm³/mol. The second-order valence-corrected chi connectivity index (χ2v) is 4.78. The van der Waals surface area contributed by atoms with Gasteiger partial charge in [-0.05, 0) is 50.7 Å². The maximum atomic E-state index is 13.2. The van der Waals surface area contributed by atoms with E-state index in [0.29, 0.717) is 13.0 Å². The van der Waals surface area contributed by atoms with Crippen LogP contribution < -0.4 is 10.5 Å². The Bertz CT molecular complexity index is 369. The topological polar surface area (TPSA) is 38.5 Å². The molecular formula is C14H23FN2O. The lowest BCUT2D eigenvalue weighted by atomic mass is 10.0. The number of benzene rings is 1. The van der Waals surface area contributed by atoms with Crippen LogP contribution in [-0.4, -0.2) is 38.2 Å². The van der Waals surface area contributed by atoms with Crippen molar-refractivity contribution < 1.29 is 9.13 Å². The molecule has 1 unspecified atom stereocenters. The number of likely N-dealkylation sites (N-methyl/N-ethyl adjacent to an activating group) is 1. The average Bonchev–Trinajstić information content (AvgIpc) is 2.31. The van der Waals surface area contributed by atoms with Gasteiger partial charge in [0.05, 0.1) is 0 Å². The van der Waals surface area contributed by atoms with E-state index >= 15 is 0 Å². The van der Waals surface area contributed by atoms with Crippen LogP contribution in [0.4, 0.5) is 4.39 Å². The van der Waals surface area contributed by atoms with Crippen molar-refractivity contribution in [2.45, 2.75) is 25.8 Å². The van der Waals surface area contributed by atoms with Gasteiger partial charge in [-0.2, -0.15) is 0 Å². The smallest absolute Gasteiger partial charge is 0.123 e. The quantitative estimate of drug-likeness (QED) is 0.809. The van der Waals surface area contributed by atoms with Crippen molar-refractivity contribution in [1.82, 2.24) is 4.90 Å². The molecule has 102 valence electrons. The van der Waals surface area contributed by atoms with Crippen LogP contribution in [0.3, 0.4) is 0 Å². The number of hydrogen-bond acceptors (Lipinski definition) is 3. The van der Waals surface area contributed by atoms with Gasteiger partial charge in [0, 0.05) is 12.6 Å². The molecule has 0 amide bonds. The van der Waals surface area contributed by atoms with Crippen molar-refractivity contribution in [3.8, 4) is 5.75 Å². The Labute approximate surface area is 109 Å². The second kappa shape index (κ2) is 7.34. The third kappa shape index (κ3) is 5.02. The molecule has 0 bridgehead atoms. The maximum Gasteiger partial charge on any atom is 0.123 e. The van der Waals surface area contributed by atoms with Crippen LogP contribution in [0.5, 0.6) is 5.75 Å². The molecular weight excluding hydrogens is 231 g/mol. The highest BCUT2D eigenvalue weighted by molar-refractivity contribution is 5.34. The molecule has 2 N–H and O–H groups in total. The van der Waals surface area contributed by atoms with E-state index in [1.807, 2.05) is 25.9 Å². The van der Waals surface area contributed by atoms with E-state index in [2.05, 4.69) is 0 Å². The molecule has 0 fully saturated rings. The second-order valence-electron chi connectivity index (χ2n) is 4.78. The number of hydrogen-bond donors (Lipinski definition) is 1. The highest BCUT2D eigenvalue weighted by atomic mass is 19.1. The first-order chi connectivity index (χ1) is 8.52. The Morgan fingerprint density at radius 2 is 2.11 bits per heavy atom. The zero-order valence-electron chi connectivity index (χ0n) is 11.4. The van der Waals surface area contributed by atoms with E-state index in [1.165, 1.54) is 12.1 Å². The third-order valence-corrected chi connectivity index (χ3v) is 2.83. The van der Waals surface area contributed by atoms with Crippen LogP contribution in [0.15, 0.2) is 18.2 Å². The first-order valence-corrected chi connectivity index (χ1v) is 6.34. The van der Waals surface area contributed by atoms with Crippen LogP contribution in [0.2, 0.25) is 0 Å². The molecule has 0 aliphatic heterocycles. The fourth-order valence-electron chi connectivity index (χ4n) is 1.61. The number of ether oxygens (including phenoxy) is 1. The molecule has 0 aromatic heterocycles. The van der Waals surface area contributed by atoms with Gasteiger partial charge in [-0.3, -0.25) is 0 Å². The molecule has 1 aromatic carbocycles. The minimum atomic E-state index is -0.242. The average molecular weight is 254 g/mol. The molecule has 3 nitrogen and oxygen atoms in total. The van der Waals surface area contributed by atoms with Gasteiger partial charge in [0.25, 0.3) is 0 Å². The fourth-order valence-corrected chi connectivity index (χ4v) is 1.61. The molecule has 0 radical (unpaired) electrons. The lowest BCUT2D eigenvalue weighted by Gasteiger charge is -2.16. The summed E-state index contributed by atoms with van der Waals surface area (Å²) in [6, 6.07) is 4.66. The highest BCUT2D eigenvalue weighted by Gasteiger charge is 2.09. The first-order valence-electron chi connectivity index (χ1n) is 6.34. The van der Waals surface area contributed by atoms with Crippen molar-refractivity contribution >= 4 is 0 Å². The Kier molecular flexibility index (Phi) is 6.09. The molecule has 0 heterocycles. The van der Waals surface area contributed by atoms with Crippen LogP contribution in [0.1, 0.15) is 18.9 Å². The van der Waals surface area contributed by atoms with Gasteiger partial charge < -0.3 is 15.4 Å². The van der Waals surface area contributed by atoms with Crippen LogP contribution in [0, 0.1) is 5.82 Å². The lowest BCUT2D eigenvalue weighted by molar-refractivity contribution is 0.259. The standard InChI is InChI=1S/C14H23FN2O/c1-4-13(16)10-11-9-12(15)5-6-14(11)18-8-7-17(2)3/h5-6,9,13H,4,7-8,10,16H2,1-3H3. The zero-order valence-corrected chi connectivity index (χ0v) is 11.4. The SMILES string of the molecule is CCC(N)Cc1cc(F)ccc1OCCN(C)C.